The molecule has 4 nitrogen and oxygen atoms in total. The van der Waals surface area contributed by atoms with Crippen molar-refractivity contribution in [2.24, 2.45) is 11.8 Å². The van der Waals surface area contributed by atoms with Gasteiger partial charge in [-0.25, -0.2) is 8.78 Å². The molecule has 42 heavy (non-hydrogen) atoms. The van der Waals surface area contributed by atoms with Crippen LogP contribution in [0.3, 0.4) is 0 Å². The third-order valence-electron chi connectivity index (χ3n) is 7.43. The monoisotopic (exact) mass is 558 g/mol. The van der Waals surface area contributed by atoms with Crippen LogP contribution < -0.4 is 9.47 Å². The third kappa shape index (κ3) is 5.94. The van der Waals surface area contributed by atoms with Crippen molar-refractivity contribution in [1.29, 1.82) is 0 Å². The van der Waals surface area contributed by atoms with Crippen LogP contribution in [0.15, 0.2) is 84.9 Å². The molecule has 6 heteroatoms. The zero-order chi connectivity index (χ0) is 29.1. The zero-order valence-corrected chi connectivity index (χ0v) is 22.5. The van der Waals surface area contributed by atoms with Gasteiger partial charge in [-0.1, -0.05) is 36.5 Å². The highest BCUT2D eigenvalue weighted by atomic mass is 19.1. The molecule has 0 radical (unpaired) electrons. The molecule has 206 valence electrons. The first-order valence-electron chi connectivity index (χ1n) is 13.7. The van der Waals surface area contributed by atoms with Crippen LogP contribution in [0.2, 0.25) is 0 Å². The number of halogens is 2. The van der Waals surface area contributed by atoms with Crippen LogP contribution in [-0.4, -0.2) is 11.9 Å². The van der Waals surface area contributed by atoms with Gasteiger partial charge >= 0.3 is 11.9 Å². The van der Waals surface area contributed by atoms with Crippen molar-refractivity contribution in [1.82, 2.24) is 0 Å². The van der Waals surface area contributed by atoms with Crippen LogP contribution in [-0.2, 0) is 9.59 Å². The van der Waals surface area contributed by atoms with Crippen LogP contribution in [0, 0.1) is 47.2 Å². The molecule has 0 bridgehead atoms. The molecular weight excluding hydrogens is 534 g/mol. The summed E-state index contributed by atoms with van der Waals surface area (Å²) in [6.07, 6.45) is 2.78. The molecule has 2 atom stereocenters. The van der Waals surface area contributed by atoms with Crippen molar-refractivity contribution in [2.45, 2.75) is 25.7 Å². The maximum atomic E-state index is 13.3. The lowest BCUT2D eigenvalue weighted by Gasteiger charge is -2.29. The number of hydrogen-bond donors (Lipinski definition) is 0. The summed E-state index contributed by atoms with van der Waals surface area (Å²) in [5.41, 5.74) is 3.52. The predicted octanol–water partition coefficient (Wildman–Crippen LogP) is 7.06. The Hall–Kier alpha value is -5.20. The Labute approximate surface area is 242 Å². The zero-order valence-electron chi connectivity index (χ0n) is 22.5. The lowest BCUT2D eigenvalue weighted by molar-refractivity contribution is -0.152. The molecule has 1 saturated carbocycles. The van der Waals surface area contributed by atoms with Gasteiger partial charge in [0, 0.05) is 33.4 Å². The Balaban J connectivity index is 1.46. The van der Waals surface area contributed by atoms with Crippen LogP contribution in [0.25, 0.3) is 11.1 Å². The Morgan fingerprint density at radius 2 is 0.881 bits per heavy atom. The lowest BCUT2D eigenvalue weighted by Crippen LogP contribution is -2.37. The van der Waals surface area contributed by atoms with Gasteiger partial charge in [-0.3, -0.25) is 9.59 Å². The smallest absolute Gasteiger partial charge is 0.315 e. The fraction of sp³-hybridized carbons (Fsp3) is 0.167. The highest BCUT2D eigenvalue weighted by Gasteiger charge is 2.39. The minimum Gasteiger partial charge on any atom is -0.426 e. The van der Waals surface area contributed by atoms with Gasteiger partial charge in [-0.2, -0.15) is 0 Å². The first-order chi connectivity index (χ1) is 20.4. The summed E-state index contributed by atoms with van der Waals surface area (Å²) in [5, 5.41) is 0. The third-order valence-corrected chi connectivity index (χ3v) is 7.43. The molecule has 0 spiro atoms. The second-order valence-corrected chi connectivity index (χ2v) is 10.3. The highest BCUT2D eigenvalue weighted by molar-refractivity contribution is 5.89. The topological polar surface area (TPSA) is 52.6 Å². The van der Waals surface area contributed by atoms with Crippen molar-refractivity contribution in [3.8, 4) is 46.3 Å². The molecular formula is C36H24F2O4. The Morgan fingerprint density at radius 3 is 1.29 bits per heavy atom. The molecule has 0 saturated heterocycles. The Morgan fingerprint density at radius 1 is 0.524 bits per heavy atom. The van der Waals surface area contributed by atoms with Crippen LogP contribution in [0.5, 0.6) is 11.5 Å². The summed E-state index contributed by atoms with van der Waals surface area (Å²) in [6.45, 7) is 0. The minimum atomic E-state index is -0.584. The standard InChI is InChI=1S/C36H24F2O4/c37-27-15-9-23(10-16-27)5-7-25-13-19-33-31(21-25)32-22-26(8-6-24-11-17-28(38)18-12-24)14-20-34(32)42-36(40)30-4-2-1-3-29(30)35(39)41-33/h9-22,29-30H,1-4H2/t29-,30-/m0/s1. The maximum absolute atomic E-state index is 13.3. The minimum absolute atomic E-state index is 0.319. The van der Waals surface area contributed by atoms with E-state index >= 15 is 0 Å². The molecule has 2 aliphatic rings. The van der Waals surface area contributed by atoms with E-state index < -0.39 is 23.8 Å². The average molecular weight is 559 g/mol. The second-order valence-electron chi connectivity index (χ2n) is 10.3. The van der Waals surface area contributed by atoms with Gasteiger partial charge in [0.25, 0.3) is 0 Å². The van der Waals surface area contributed by atoms with Crippen LogP contribution in [0.1, 0.15) is 47.9 Å². The molecule has 1 fully saturated rings. The quantitative estimate of drug-likeness (QED) is 0.132. The van der Waals surface area contributed by atoms with E-state index in [-0.39, 0.29) is 11.6 Å². The first kappa shape index (κ1) is 27.0. The van der Waals surface area contributed by atoms with E-state index in [1.807, 2.05) is 0 Å². The number of rotatable bonds is 0. The number of carbonyl (C=O) groups is 2. The summed E-state index contributed by atoms with van der Waals surface area (Å²) in [5.74, 6) is 10.0. The van der Waals surface area contributed by atoms with Crippen molar-refractivity contribution in [2.75, 3.05) is 0 Å². The van der Waals surface area contributed by atoms with Crippen molar-refractivity contribution in [3.05, 3.63) is 119 Å². The molecule has 4 aromatic carbocycles. The largest absolute Gasteiger partial charge is 0.426 e. The Kier molecular flexibility index (Phi) is 7.54. The number of hydrogen-bond acceptors (Lipinski definition) is 4. The fourth-order valence-electron chi connectivity index (χ4n) is 5.23. The first-order valence-corrected chi connectivity index (χ1v) is 13.7. The summed E-state index contributed by atoms with van der Waals surface area (Å²) in [6, 6.07) is 22.1. The van der Waals surface area contributed by atoms with Gasteiger partial charge in [0.2, 0.25) is 0 Å². The van der Waals surface area contributed by atoms with Crippen molar-refractivity contribution >= 4 is 11.9 Å². The van der Waals surface area contributed by atoms with E-state index in [4.69, 9.17) is 9.47 Å². The number of benzene rings is 4. The van der Waals surface area contributed by atoms with Gasteiger partial charge in [-0.15, -0.1) is 0 Å². The summed E-state index contributed by atoms with van der Waals surface area (Å²) in [4.78, 5) is 26.6. The average Bonchev–Trinajstić information content (AvgIpc) is 3.01. The summed E-state index contributed by atoms with van der Waals surface area (Å²) < 4.78 is 38.6. The van der Waals surface area contributed by atoms with E-state index in [1.54, 1.807) is 60.7 Å². The molecule has 0 aromatic heterocycles. The highest BCUT2D eigenvalue weighted by Crippen LogP contribution is 2.41. The molecule has 4 aromatic rings. The molecule has 1 aliphatic heterocycles. The molecule has 0 amide bonds. The van der Waals surface area contributed by atoms with Crippen LogP contribution >= 0.6 is 0 Å². The number of carbonyl (C=O) groups excluding carboxylic acids is 2. The van der Waals surface area contributed by atoms with Gasteiger partial charge in [0.1, 0.15) is 23.1 Å². The number of fused-ring (bicyclic) bond motifs is 4. The van der Waals surface area contributed by atoms with Crippen molar-refractivity contribution < 1.29 is 27.8 Å². The molecule has 0 N–H and O–H groups in total. The predicted molar refractivity (Wildman–Crippen MR) is 153 cm³/mol. The van der Waals surface area contributed by atoms with Gasteiger partial charge in [0.15, 0.2) is 0 Å². The van der Waals surface area contributed by atoms with Crippen LogP contribution in [0.4, 0.5) is 8.78 Å². The molecule has 1 heterocycles. The summed E-state index contributed by atoms with van der Waals surface area (Å²) in [7, 11) is 0. The maximum Gasteiger partial charge on any atom is 0.315 e. The molecule has 6 rings (SSSR count). The van der Waals surface area contributed by atoms with E-state index in [1.165, 1.54) is 24.3 Å². The van der Waals surface area contributed by atoms with Gasteiger partial charge in [0.05, 0.1) is 11.8 Å². The normalized spacial score (nSPS) is 17.5. The van der Waals surface area contributed by atoms with E-state index in [2.05, 4.69) is 23.7 Å². The number of ether oxygens (including phenoxy) is 2. The molecule has 0 unspecified atom stereocenters. The molecule has 1 aliphatic carbocycles. The van der Waals surface area contributed by atoms with Gasteiger partial charge < -0.3 is 9.47 Å². The number of esters is 2. The SMILES string of the molecule is O=C1Oc2ccc(C#Cc3ccc(F)cc3)cc2-c2cc(C#Cc3ccc(F)cc3)ccc2OC(=O)[C@H]2CCCC[C@H]12. The summed E-state index contributed by atoms with van der Waals surface area (Å²) >= 11 is 0. The van der Waals surface area contributed by atoms with E-state index in [0.29, 0.717) is 57.7 Å². The van der Waals surface area contributed by atoms with E-state index in [9.17, 15) is 18.4 Å². The van der Waals surface area contributed by atoms with Crippen molar-refractivity contribution in [3.63, 3.8) is 0 Å². The van der Waals surface area contributed by atoms with E-state index in [0.717, 1.165) is 12.8 Å². The second kappa shape index (κ2) is 11.7. The Bertz CT molecular complexity index is 1670. The fourth-order valence-corrected chi connectivity index (χ4v) is 5.23. The van der Waals surface area contributed by atoms with Gasteiger partial charge in [-0.05, 0) is 97.8 Å². The lowest BCUT2D eigenvalue weighted by atomic mass is 9.79.